The van der Waals surface area contributed by atoms with Crippen molar-refractivity contribution in [1.29, 1.82) is 0 Å². The van der Waals surface area contributed by atoms with Crippen molar-refractivity contribution >= 4 is 52.9 Å². The van der Waals surface area contributed by atoms with E-state index in [2.05, 4.69) is 49.4 Å². The maximum Gasteiger partial charge on any atom is 0.227 e. The standard InChI is InChI=1S/C24H33N5OS.HI/c1-25-24(27-17-21(22-11-6-14-31-22)29-12-2-3-13-29)26-16-18-7-4-10-20(15-18)28-23(30)19-8-5-9-19;/h4,6-7,10-11,14-15,19,21H,2-3,5,8-9,12-13,16-17H2,1H3,(H,28,30)(H2,25,26,27);1H. The van der Waals surface area contributed by atoms with Gasteiger partial charge in [-0.2, -0.15) is 0 Å². The molecule has 1 amide bonds. The molecule has 2 fully saturated rings. The molecule has 0 spiro atoms. The number of guanidine groups is 1. The van der Waals surface area contributed by atoms with Crippen LogP contribution in [0.1, 0.15) is 48.6 Å². The van der Waals surface area contributed by atoms with Crippen molar-refractivity contribution in [3.05, 3.63) is 52.2 Å². The summed E-state index contributed by atoms with van der Waals surface area (Å²) in [6, 6.07) is 12.8. The fraction of sp³-hybridized carbons (Fsp3) is 0.500. The third-order valence-electron chi connectivity index (χ3n) is 6.27. The second-order valence-electron chi connectivity index (χ2n) is 8.40. The number of amides is 1. The molecule has 2 aromatic rings. The van der Waals surface area contributed by atoms with Gasteiger partial charge in [0, 0.05) is 36.6 Å². The van der Waals surface area contributed by atoms with Gasteiger partial charge in [0.05, 0.1) is 6.04 Å². The van der Waals surface area contributed by atoms with Crippen LogP contribution in [0.15, 0.2) is 46.8 Å². The first-order chi connectivity index (χ1) is 15.2. The number of thiophene rings is 1. The van der Waals surface area contributed by atoms with Crippen molar-refractivity contribution in [3.63, 3.8) is 0 Å². The van der Waals surface area contributed by atoms with Crippen molar-refractivity contribution in [2.24, 2.45) is 10.9 Å². The topological polar surface area (TPSA) is 68.8 Å². The second-order valence-corrected chi connectivity index (χ2v) is 9.38. The van der Waals surface area contributed by atoms with Crippen molar-refractivity contribution in [2.75, 3.05) is 32.0 Å². The van der Waals surface area contributed by atoms with Gasteiger partial charge in [0.25, 0.3) is 0 Å². The number of halogens is 1. The molecule has 4 rings (SSSR count). The first-order valence-electron chi connectivity index (χ1n) is 11.3. The number of hydrogen-bond acceptors (Lipinski definition) is 4. The normalized spacial score (nSPS) is 17.8. The maximum atomic E-state index is 12.2. The lowest BCUT2D eigenvalue weighted by Gasteiger charge is -2.27. The Bertz CT molecular complexity index is 878. The van der Waals surface area contributed by atoms with Crippen molar-refractivity contribution in [1.82, 2.24) is 15.5 Å². The first-order valence-corrected chi connectivity index (χ1v) is 12.2. The number of rotatable bonds is 8. The Balaban J connectivity index is 0.00000289. The number of carbonyl (C=O) groups excluding carboxylic acids is 1. The van der Waals surface area contributed by atoms with Crippen LogP contribution in [-0.2, 0) is 11.3 Å². The summed E-state index contributed by atoms with van der Waals surface area (Å²) >= 11 is 1.82. The number of carbonyl (C=O) groups is 1. The molecule has 0 bridgehead atoms. The number of nitrogens with zero attached hydrogens (tertiary/aromatic N) is 2. The predicted octanol–water partition coefficient (Wildman–Crippen LogP) is 4.61. The Kier molecular flexibility index (Phi) is 9.80. The maximum absolute atomic E-state index is 12.2. The molecule has 1 aromatic carbocycles. The van der Waals surface area contributed by atoms with Crippen molar-refractivity contribution in [2.45, 2.75) is 44.7 Å². The van der Waals surface area contributed by atoms with E-state index in [9.17, 15) is 4.79 Å². The van der Waals surface area contributed by atoms with Gasteiger partial charge in [-0.3, -0.25) is 14.7 Å². The lowest BCUT2D eigenvalue weighted by molar-refractivity contribution is -0.122. The molecule has 1 aliphatic heterocycles. The minimum absolute atomic E-state index is 0. The highest BCUT2D eigenvalue weighted by molar-refractivity contribution is 14.0. The molecule has 1 aromatic heterocycles. The fourth-order valence-corrected chi connectivity index (χ4v) is 5.08. The average Bonchev–Trinajstić information content (AvgIpc) is 3.44. The van der Waals surface area contributed by atoms with E-state index in [1.54, 1.807) is 7.05 Å². The molecule has 1 aliphatic carbocycles. The van der Waals surface area contributed by atoms with E-state index in [1.807, 2.05) is 29.5 Å². The molecule has 0 radical (unpaired) electrons. The van der Waals surface area contributed by atoms with E-state index in [-0.39, 0.29) is 35.8 Å². The average molecular weight is 568 g/mol. The van der Waals surface area contributed by atoms with Crippen molar-refractivity contribution < 1.29 is 4.79 Å². The summed E-state index contributed by atoms with van der Waals surface area (Å²) in [7, 11) is 1.81. The molecular formula is C24H34IN5OS. The van der Waals surface area contributed by atoms with Gasteiger partial charge in [0.15, 0.2) is 5.96 Å². The zero-order valence-electron chi connectivity index (χ0n) is 18.7. The van der Waals surface area contributed by atoms with E-state index < -0.39 is 0 Å². The number of hydrogen-bond donors (Lipinski definition) is 3. The summed E-state index contributed by atoms with van der Waals surface area (Å²) in [6.45, 7) is 3.81. The van der Waals surface area contributed by atoms with Gasteiger partial charge >= 0.3 is 0 Å². The van der Waals surface area contributed by atoms with Gasteiger partial charge < -0.3 is 16.0 Å². The quantitative estimate of drug-likeness (QED) is 0.248. The number of benzene rings is 1. The summed E-state index contributed by atoms with van der Waals surface area (Å²) in [4.78, 5) is 20.6. The summed E-state index contributed by atoms with van der Waals surface area (Å²) < 4.78 is 0. The second kappa shape index (κ2) is 12.6. The van der Waals surface area contributed by atoms with Crippen LogP contribution in [0.4, 0.5) is 5.69 Å². The Labute approximate surface area is 212 Å². The van der Waals surface area contributed by atoms with Crippen LogP contribution in [0, 0.1) is 5.92 Å². The highest BCUT2D eigenvalue weighted by atomic mass is 127. The third-order valence-corrected chi connectivity index (χ3v) is 7.24. The summed E-state index contributed by atoms with van der Waals surface area (Å²) in [5.41, 5.74) is 1.98. The Morgan fingerprint density at radius 3 is 2.62 bits per heavy atom. The van der Waals surface area contributed by atoms with Gasteiger partial charge in [-0.1, -0.05) is 24.6 Å². The van der Waals surface area contributed by atoms with E-state index in [0.29, 0.717) is 12.6 Å². The van der Waals surface area contributed by atoms with Gasteiger partial charge in [0.2, 0.25) is 5.91 Å². The lowest BCUT2D eigenvalue weighted by Crippen LogP contribution is -2.42. The molecule has 32 heavy (non-hydrogen) atoms. The highest BCUT2D eigenvalue weighted by Crippen LogP contribution is 2.28. The molecule has 8 heteroatoms. The largest absolute Gasteiger partial charge is 0.354 e. The van der Waals surface area contributed by atoms with E-state index in [0.717, 1.165) is 49.7 Å². The van der Waals surface area contributed by atoms with Crippen LogP contribution < -0.4 is 16.0 Å². The molecular weight excluding hydrogens is 533 g/mol. The third kappa shape index (κ3) is 6.68. The molecule has 1 atom stereocenters. The molecule has 1 unspecified atom stereocenters. The molecule has 1 saturated carbocycles. The van der Waals surface area contributed by atoms with Gasteiger partial charge in [-0.25, -0.2) is 0 Å². The van der Waals surface area contributed by atoms with Crippen LogP contribution in [-0.4, -0.2) is 43.4 Å². The van der Waals surface area contributed by atoms with E-state index >= 15 is 0 Å². The lowest BCUT2D eigenvalue weighted by atomic mass is 9.85. The molecule has 2 heterocycles. The predicted molar refractivity (Wildman–Crippen MR) is 144 cm³/mol. The van der Waals surface area contributed by atoms with Crippen molar-refractivity contribution in [3.8, 4) is 0 Å². The van der Waals surface area contributed by atoms with E-state index in [1.165, 1.54) is 24.1 Å². The molecule has 6 nitrogen and oxygen atoms in total. The monoisotopic (exact) mass is 567 g/mol. The van der Waals surface area contributed by atoms with Crippen LogP contribution >= 0.6 is 35.3 Å². The van der Waals surface area contributed by atoms with Crippen LogP contribution in [0.25, 0.3) is 0 Å². The van der Waals surface area contributed by atoms with Gasteiger partial charge in [-0.05, 0) is 67.9 Å². The Morgan fingerprint density at radius 1 is 1.16 bits per heavy atom. The molecule has 174 valence electrons. The molecule has 3 N–H and O–H groups in total. The molecule has 2 aliphatic rings. The number of aliphatic imine (C=N–C) groups is 1. The first kappa shape index (κ1) is 25.0. The van der Waals surface area contributed by atoms with Gasteiger partial charge in [-0.15, -0.1) is 35.3 Å². The molecule has 1 saturated heterocycles. The number of likely N-dealkylation sites (tertiary alicyclic amines) is 1. The fourth-order valence-electron chi connectivity index (χ4n) is 4.22. The number of anilines is 1. The minimum Gasteiger partial charge on any atom is -0.354 e. The Morgan fingerprint density at radius 2 is 1.97 bits per heavy atom. The highest BCUT2D eigenvalue weighted by Gasteiger charge is 2.25. The SMILES string of the molecule is CN=C(NCc1cccc(NC(=O)C2CCC2)c1)NCC(c1cccs1)N1CCCC1.I. The van der Waals surface area contributed by atoms with Crippen LogP contribution in [0.3, 0.4) is 0 Å². The zero-order valence-corrected chi connectivity index (χ0v) is 21.8. The number of nitrogens with one attached hydrogen (secondary N) is 3. The zero-order chi connectivity index (χ0) is 21.5. The van der Waals surface area contributed by atoms with Crippen LogP contribution in [0.5, 0.6) is 0 Å². The van der Waals surface area contributed by atoms with E-state index in [4.69, 9.17) is 0 Å². The smallest absolute Gasteiger partial charge is 0.227 e. The van der Waals surface area contributed by atoms with Crippen LogP contribution in [0.2, 0.25) is 0 Å². The van der Waals surface area contributed by atoms with Gasteiger partial charge in [0.1, 0.15) is 0 Å². The summed E-state index contributed by atoms with van der Waals surface area (Å²) in [5.74, 6) is 1.14. The summed E-state index contributed by atoms with van der Waals surface area (Å²) in [5, 5.41) is 12.1. The summed E-state index contributed by atoms with van der Waals surface area (Å²) in [6.07, 6.45) is 5.75. The Hall–Kier alpha value is -1.65. The minimum atomic E-state index is 0.